The van der Waals surface area contributed by atoms with E-state index in [9.17, 15) is 14.2 Å². The largest absolute Gasteiger partial charge is 0.469 e. The monoisotopic (exact) mass is 574 g/mol. The lowest BCUT2D eigenvalue weighted by molar-refractivity contribution is -0.161. The molecule has 0 aliphatic rings. The van der Waals surface area contributed by atoms with Crippen molar-refractivity contribution in [1.29, 1.82) is 0 Å². The molecule has 0 saturated heterocycles. The molecule has 9 heteroatoms. The van der Waals surface area contributed by atoms with Gasteiger partial charge in [0, 0.05) is 12.8 Å². The first-order chi connectivity index (χ1) is 18.8. The molecule has 39 heavy (non-hydrogen) atoms. The molecule has 0 aliphatic carbocycles. The smallest absolute Gasteiger partial charge is 0.462 e. The summed E-state index contributed by atoms with van der Waals surface area (Å²) in [4.78, 5) is 42.1. The Hall–Kier alpha value is -1.47. The van der Waals surface area contributed by atoms with E-state index in [1.807, 2.05) is 0 Å². The summed E-state index contributed by atoms with van der Waals surface area (Å²) in [7, 11) is -4.73. The van der Waals surface area contributed by atoms with Crippen LogP contribution in [0.25, 0.3) is 0 Å². The third-order valence-corrected chi connectivity index (χ3v) is 6.71. The maximum Gasteiger partial charge on any atom is 0.469 e. The highest BCUT2D eigenvalue weighted by Crippen LogP contribution is 2.35. The maximum atomic E-state index is 12.2. The van der Waals surface area contributed by atoms with Crippen molar-refractivity contribution in [1.82, 2.24) is 0 Å². The molecule has 0 aromatic heterocycles. The second-order valence-electron chi connectivity index (χ2n) is 10.1. The lowest BCUT2D eigenvalue weighted by atomic mass is 10.1. The summed E-state index contributed by atoms with van der Waals surface area (Å²) in [6, 6.07) is 0. The van der Waals surface area contributed by atoms with Gasteiger partial charge in [-0.05, 0) is 44.9 Å². The van der Waals surface area contributed by atoms with Gasteiger partial charge in [0.2, 0.25) is 0 Å². The number of phosphoric ester groups is 1. The van der Waals surface area contributed by atoms with E-state index < -0.39 is 32.5 Å². The maximum absolute atomic E-state index is 12.2. The van der Waals surface area contributed by atoms with Gasteiger partial charge in [-0.1, -0.05) is 102 Å². The van der Waals surface area contributed by atoms with Crippen molar-refractivity contribution in [2.45, 2.75) is 142 Å². The van der Waals surface area contributed by atoms with Crippen LogP contribution in [0.3, 0.4) is 0 Å². The Labute approximate surface area is 237 Å². The van der Waals surface area contributed by atoms with Crippen LogP contribution in [0.1, 0.15) is 136 Å². The highest BCUT2D eigenvalue weighted by atomic mass is 31.2. The van der Waals surface area contributed by atoms with Gasteiger partial charge in [0.25, 0.3) is 0 Å². The minimum atomic E-state index is -4.73. The summed E-state index contributed by atoms with van der Waals surface area (Å²) < 4.78 is 25.9. The number of hydrogen-bond acceptors (Lipinski definition) is 6. The van der Waals surface area contributed by atoms with Crippen LogP contribution in [0.4, 0.5) is 0 Å². The molecule has 1 atom stereocenters. The van der Waals surface area contributed by atoms with Crippen LogP contribution in [-0.4, -0.2) is 41.0 Å². The highest BCUT2D eigenvalue weighted by molar-refractivity contribution is 7.46. The molecule has 0 fully saturated rings. The van der Waals surface area contributed by atoms with Crippen LogP contribution in [0.2, 0.25) is 0 Å². The van der Waals surface area contributed by atoms with Crippen LogP contribution in [0.15, 0.2) is 24.3 Å². The van der Waals surface area contributed by atoms with Gasteiger partial charge >= 0.3 is 19.8 Å². The number of esters is 2. The summed E-state index contributed by atoms with van der Waals surface area (Å²) >= 11 is 0. The van der Waals surface area contributed by atoms with Crippen molar-refractivity contribution < 1.29 is 37.9 Å². The average Bonchev–Trinajstić information content (AvgIpc) is 2.89. The standard InChI is InChI=1S/C30H55O8P/c1-3-5-7-9-10-11-12-13-14-15-16-17-18-19-21-23-25-30(32)38-28(27-37-39(33,34)35)26-36-29(31)24-22-20-8-6-4-2/h11-12,14-15,28H,3-10,13,16-27H2,1-2H3,(H2,33,34,35)/b12-11-,15-14-. The molecule has 0 aromatic carbocycles. The van der Waals surface area contributed by atoms with Gasteiger partial charge in [-0.15, -0.1) is 0 Å². The van der Waals surface area contributed by atoms with E-state index in [0.717, 1.165) is 70.6 Å². The van der Waals surface area contributed by atoms with Crippen LogP contribution >= 0.6 is 7.82 Å². The molecular formula is C30H55O8P. The lowest BCUT2D eigenvalue weighted by Gasteiger charge is -2.18. The molecule has 2 N–H and O–H groups in total. The molecule has 0 radical (unpaired) electrons. The molecule has 0 spiro atoms. The number of carbonyl (C=O) groups is 2. The Morgan fingerprint density at radius 2 is 1.15 bits per heavy atom. The van der Waals surface area contributed by atoms with Crippen molar-refractivity contribution in [3.8, 4) is 0 Å². The van der Waals surface area contributed by atoms with Gasteiger partial charge < -0.3 is 19.3 Å². The van der Waals surface area contributed by atoms with Gasteiger partial charge in [0.1, 0.15) is 6.61 Å². The van der Waals surface area contributed by atoms with E-state index >= 15 is 0 Å². The number of phosphoric acid groups is 1. The molecule has 0 bridgehead atoms. The highest BCUT2D eigenvalue weighted by Gasteiger charge is 2.22. The minimum Gasteiger partial charge on any atom is -0.462 e. The summed E-state index contributed by atoms with van der Waals surface area (Å²) in [6.45, 7) is 3.52. The number of rotatable bonds is 27. The van der Waals surface area contributed by atoms with Gasteiger partial charge in [0.05, 0.1) is 6.61 Å². The van der Waals surface area contributed by atoms with E-state index in [1.54, 1.807) is 0 Å². The number of allylic oxidation sites excluding steroid dienone is 4. The first kappa shape index (κ1) is 37.5. The fourth-order valence-corrected chi connectivity index (χ4v) is 4.29. The fraction of sp³-hybridized carbons (Fsp3) is 0.800. The second kappa shape index (κ2) is 26.7. The van der Waals surface area contributed by atoms with Crippen molar-refractivity contribution in [2.75, 3.05) is 13.2 Å². The first-order valence-electron chi connectivity index (χ1n) is 15.1. The summed E-state index contributed by atoms with van der Waals surface area (Å²) in [5, 5.41) is 0. The topological polar surface area (TPSA) is 119 Å². The van der Waals surface area contributed by atoms with Crippen molar-refractivity contribution in [2.24, 2.45) is 0 Å². The SMILES string of the molecule is CCCCCC/C=C\C/C=C\CCCCCCCC(=O)OC(COC(=O)CCCCCCC)COP(=O)(O)O. The van der Waals surface area contributed by atoms with E-state index in [0.29, 0.717) is 6.42 Å². The quantitative estimate of drug-likeness (QED) is 0.0437. The second-order valence-corrected chi connectivity index (χ2v) is 11.3. The summed E-state index contributed by atoms with van der Waals surface area (Å²) in [5.41, 5.74) is 0. The number of unbranched alkanes of at least 4 members (excludes halogenated alkanes) is 13. The third-order valence-electron chi connectivity index (χ3n) is 6.22. The van der Waals surface area contributed by atoms with Gasteiger partial charge in [-0.3, -0.25) is 14.1 Å². The van der Waals surface area contributed by atoms with E-state index in [-0.39, 0.29) is 19.4 Å². The summed E-state index contributed by atoms with van der Waals surface area (Å²) in [5.74, 6) is -0.917. The Kier molecular flexibility index (Phi) is 25.7. The van der Waals surface area contributed by atoms with E-state index in [2.05, 4.69) is 42.7 Å². The Morgan fingerprint density at radius 1 is 0.667 bits per heavy atom. The zero-order chi connectivity index (χ0) is 29.0. The molecule has 0 rings (SSSR count). The zero-order valence-corrected chi connectivity index (χ0v) is 25.4. The third kappa shape index (κ3) is 29.3. The fourth-order valence-electron chi connectivity index (χ4n) is 3.93. The van der Waals surface area contributed by atoms with E-state index in [4.69, 9.17) is 19.3 Å². The molecule has 0 aromatic rings. The molecule has 228 valence electrons. The predicted octanol–water partition coefficient (Wildman–Crippen LogP) is 8.11. The number of hydrogen-bond donors (Lipinski definition) is 2. The molecule has 0 heterocycles. The number of carbonyl (C=O) groups excluding carboxylic acids is 2. The van der Waals surface area contributed by atoms with Crippen molar-refractivity contribution in [3.63, 3.8) is 0 Å². The predicted molar refractivity (Wildman–Crippen MR) is 156 cm³/mol. The van der Waals surface area contributed by atoms with Crippen molar-refractivity contribution in [3.05, 3.63) is 24.3 Å². The Bertz CT molecular complexity index is 701. The molecule has 0 amide bonds. The minimum absolute atomic E-state index is 0.197. The summed E-state index contributed by atoms with van der Waals surface area (Å²) in [6.07, 6.45) is 26.6. The molecule has 8 nitrogen and oxygen atoms in total. The Balaban J connectivity index is 4.01. The molecule has 0 saturated carbocycles. The van der Waals surface area contributed by atoms with Gasteiger partial charge in [-0.25, -0.2) is 4.57 Å². The van der Waals surface area contributed by atoms with Crippen LogP contribution in [0, 0.1) is 0 Å². The normalized spacial score (nSPS) is 12.8. The van der Waals surface area contributed by atoms with Gasteiger partial charge in [-0.2, -0.15) is 0 Å². The average molecular weight is 575 g/mol. The first-order valence-corrected chi connectivity index (χ1v) is 16.7. The zero-order valence-electron chi connectivity index (χ0n) is 24.5. The lowest BCUT2D eigenvalue weighted by Crippen LogP contribution is -2.29. The van der Waals surface area contributed by atoms with E-state index in [1.165, 1.54) is 32.1 Å². The van der Waals surface area contributed by atoms with Gasteiger partial charge in [0.15, 0.2) is 6.10 Å². The van der Waals surface area contributed by atoms with Crippen molar-refractivity contribution >= 4 is 19.8 Å². The van der Waals surface area contributed by atoms with Crippen LogP contribution in [0.5, 0.6) is 0 Å². The molecule has 0 aliphatic heterocycles. The molecular weight excluding hydrogens is 519 g/mol. The number of ether oxygens (including phenoxy) is 2. The van der Waals surface area contributed by atoms with Crippen LogP contribution < -0.4 is 0 Å². The molecule has 1 unspecified atom stereocenters. The Morgan fingerprint density at radius 3 is 1.72 bits per heavy atom. The van der Waals surface area contributed by atoms with Crippen LogP contribution in [-0.2, 0) is 28.2 Å².